The van der Waals surface area contributed by atoms with E-state index >= 15 is 0 Å². The second kappa shape index (κ2) is 7.22. The number of amides is 1. The van der Waals surface area contributed by atoms with Gasteiger partial charge in [0.1, 0.15) is 6.09 Å². The van der Waals surface area contributed by atoms with E-state index in [2.05, 4.69) is 9.85 Å². The zero-order valence-corrected chi connectivity index (χ0v) is 9.13. The Bertz CT molecular complexity index is 195. The van der Waals surface area contributed by atoms with Crippen LogP contribution in [0.15, 0.2) is 0 Å². The van der Waals surface area contributed by atoms with Gasteiger partial charge in [-0.1, -0.05) is 19.3 Å². The molecule has 3 nitrogen and oxygen atoms in total. The quantitative estimate of drug-likeness (QED) is 0.565. The standard InChI is InChI=1S/C8H12INO2/c1-2-3-6-10(8(11)12)7-4-5-9/h2-3,6-7H2,1H3,(H,11,12)/p-1. The number of halogens is 1. The van der Waals surface area contributed by atoms with Crippen molar-refractivity contribution < 1.29 is 9.90 Å². The van der Waals surface area contributed by atoms with E-state index in [1.165, 1.54) is 4.90 Å². The largest absolute Gasteiger partial charge is 0.530 e. The fraction of sp³-hybridized carbons (Fsp3) is 0.625. The number of hydrogen-bond donors (Lipinski definition) is 0. The van der Waals surface area contributed by atoms with Gasteiger partial charge in [-0.15, -0.1) is 0 Å². The van der Waals surface area contributed by atoms with Crippen LogP contribution in [-0.4, -0.2) is 24.1 Å². The molecule has 0 aromatic heterocycles. The first-order valence-electron chi connectivity index (χ1n) is 3.76. The zero-order chi connectivity index (χ0) is 9.40. The number of rotatable bonds is 4. The van der Waals surface area contributed by atoms with E-state index in [9.17, 15) is 9.90 Å². The highest BCUT2D eigenvalue weighted by molar-refractivity contribution is 14.1. The van der Waals surface area contributed by atoms with Crippen molar-refractivity contribution in [1.82, 2.24) is 4.90 Å². The molecule has 0 atom stereocenters. The van der Waals surface area contributed by atoms with Gasteiger partial charge in [0.25, 0.3) is 0 Å². The minimum absolute atomic E-state index is 0.255. The van der Waals surface area contributed by atoms with Crippen molar-refractivity contribution in [3.05, 3.63) is 0 Å². The first kappa shape index (κ1) is 11.6. The Morgan fingerprint density at radius 3 is 2.75 bits per heavy atom. The van der Waals surface area contributed by atoms with E-state index in [0.717, 1.165) is 12.8 Å². The van der Waals surface area contributed by atoms with E-state index in [1.807, 2.05) is 29.5 Å². The van der Waals surface area contributed by atoms with Crippen molar-refractivity contribution in [3.8, 4) is 9.85 Å². The molecule has 0 aliphatic rings. The van der Waals surface area contributed by atoms with Crippen LogP contribution in [0.2, 0.25) is 0 Å². The van der Waals surface area contributed by atoms with E-state index in [4.69, 9.17) is 0 Å². The van der Waals surface area contributed by atoms with Crippen molar-refractivity contribution in [2.24, 2.45) is 0 Å². The SMILES string of the molecule is CCCCN(CC#CI)C(=O)[O-]. The molecule has 0 radical (unpaired) electrons. The molecule has 4 heteroatoms. The van der Waals surface area contributed by atoms with Crippen LogP contribution in [0.25, 0.3) is 0 Å². The Balaban J connectivity index is 3.83. The number of carboxylic acid groups (broad SMARTS) is 1. The van der Waals surface area contributed by atoms with Crippen LogP contribution in [-0.2, 0) is 0 Å². The Hall–Kier alpha value is -0.440. The Morgan fingerprint density at radius 1 is 1.67 bits per heavy atom. The van der Waals surface area contributed by atoms with Gasteiger partial charge in [0.05, 0.1) is 6.54 Å². The van der Waals surface area contributed by atoms with Crippen LogP contribution in [0.4, 0.5) is 4.79 Å². The summed E-state index contributed by atoms with van der Waals surface area (Å²) in [4.78, 5) is 11.7. The number of unbranched alkanes of at least 4 members (excludes halogenated alkanes) is 1. The van der Waals surface area contributed by atoms with Crippen LogP contribution in [0.3, 0.4) is 0 Å². The molecular weight excluding hydrogens is 269 g/mol. The molecule has 0 spiro atoms. The van der Waals surface area contributed by atoms with Gasteiger partial charge >= 0.3 is 0 Å². The van der Waals surface area contributed by atoms with Crippen molar-refractivity contribution in [1.29, 1.82) is 0 Å². The van der Waals surface area contributed by atoms with Gasteiger partial charge in [0, 0.05) is 29.1 Å². The normalized spacial score (nSPS) is 8.50. The molecule has 1 amide bonds. The number of nitrogens with zero attached hydrogens (tertiary/aromatic N) is 1. The Kier molecular flexibility index (Phi) is 6.96. The monoisotopic (exact) mass is 280 g/mol. The van der Waals surface area contributed by atoms with Gasteiger partial charge in [-0.3, -0.25) is 0 Å². The molecule has 0 aliphatic carbocycles. The van der Waals surface area contributed by atoms with E-state index in [0.29, 0.717) is 6.54 Å². The molecule has 0 rings (SSSR count). The Morgan fingerprint density at radius 2 is 2.33 bits per heavy atom. The lowest BCUT2D eigenvalue weighted by atomic mass is 10.3. The summed E-state index contributed by atoms with van der Waals surface area (Å²) < 4.78 is 2.62. The van der Waals surface area contributed by atoms with E-state index in [-0.39, 0.29) is 6.54 Å². The molecule has 68 valence electrons. The molecule has 12 heavy (non-hydrogen) atoms. The first-order chi connectivity index (χ1) is 5.72. The summed E-state index contributed by atoms with van der Waals surface area (Å²) in [6.45, 7) is 2.78. The highest BCUT2D eigenvalue weighted by atomic mass is 127. The summed E-state index contributed by atoms with van der Waals surface area (Å²) in [5.74, 6) is 2.68. The second-order valence-electron chi connectivity index (χ2n) is 2.31. The summed E-state index contributed by atoms with van der Waals surface area (Å²) >= 11 is 1.88. The third-order valence-corrected chi connectivity index (χ3v) is 1.76. The summed E-state index contributed by atoms with van der Waals surface area (Å²) in [7, 11) is 0. The molecule has 0 heterocycles. The maximum atomic E-state index is 10.5. The highest BCUT2D eigenvalue weighted by Crippen LogP contribution is 1.93. The molecule has 0 aromatic carbocycles. The van der Waals surface area contributed by atoms with Gasteiger partial charge in [0.2, 0.25) is 0 Å². The maximum absolute atomic E-state index is 10.5. The van der Waals surface area contributed by atoms with Gasteiger partial charge in [-0.25, -0.2) is 0 Å². The number of carbonyl (C=O) groups is 1. The number of hydrogen-bond acceptors (Lipinski definition) is 2. The van der Waals surface area contributed by atoms with Crippen molar-refractivity contribution in [2.45, 2.75) is 19.8 Å². The predicted molar refractivity (Wildman–Crippen MR) is 53.7 cm³/mol. The van der Waals surface area contributed by atoms with E-state index in [1.54, 1.807) is 0 Å². The molecule has 0 aromatic rings. The summed E-state index contributed by atoms with van der Waals surface area (Å²) in [5, 5.41) is 10.5. The molecule has 0 unspecified atom stereocenters. The lowest BCUT2D eigenvalue weighted by molar-refractivity contribution is -0.264. The molecular formula is C8H11INO2-. The molecule has 0 aliphatic heterocycles. The smallest absolute Gasteiger partial charge is 0.137 e. The maximum Gasteiger partial charge on any atom is 0.137 e. The lowest BCUT2D eigenvalue weighted by Crippen LogP contribution is -2.41. The van der Waals surface area contributed by atoms with Gasteiger partial charge in [0.15, 0.2) is 0 Å². The first-order valence-corrected chi connectivity index (χ1v) is 4.84. The van der Waals surface area contributed by atoms with Gasteiger partial charge in [-0.2, -0.15) is 0 Å². The third-order valence-electron chi connectivity index (χ3n) is 1.38. The van der Waals surface area contributed by atoms with Crippen LogP contribution >= 0.6 is 22.6 Å². The average Bonchev–Trinajstić information content (AvgIpc) is 2.04. The highest BCUT2D eigenvalue weighted by Gasteiger charge is 1.99. The topological polar surface area (TPSA) is 43.4 Å². The fourth-order valence-corrected chi connectivity index (χ4v) is 0.880. The molecule has 0 saturated heterocycles. The lowest BCUT2D eigenvalue weighted by Gasteiger charge is -2.21. The molecule has 0 saturated carbocycles. The summed E-state index contributed by atoms with van der Waals surface area (Å²) in [5.41, 5.74) is 0. The van der Waals surface area contributed by atoms with Crippen molar-refractivity contribution in [3.63, 3.8) is 0 Å². The molecule has 0 bridgehead atoms. The van der Waals surface area contributed by atoms with Crippen molar-refractivity contribution >= 4 is 28.7 Å². The average molecular weight is 280 g/mol. The number of carbonyl (C=O) groups excluding carboxylic acids is 1. The van der Waals surface area contributed by atoms with Gasteiger partial charge < -0.3 is 14.8 Å². The minimum Gasteiger partial charge on any atom is -0.530 e. The Labute approximate surface area is 86.3 Å². The molecule has 0 fully saturated rings. The summed E-state index contributed by atoms with van der Waals surface area (Å²) in [6, 6.07) is 0. The van der Waals surface area contributed by atoms with Crippen molar-refractivity contribution in [2.75, 3.05) is 13.1 Å². The zero-order valence-electron chi connectivity index (χ0n) is 6.97. The van der Waals surface area contributed by atoms with Crippen LogP contribution in [0, 0.1) is 9.85 Å². The fourth-order valence-electron chi connectivity index (χ4n) is 0.709. The minimum atomic E-state index is -1.14. The van der Waals surface area contributed by atoms with E-state index < -0.39 is 6.09 Å². The molecule has 0 N–H and O–H groups in total. The predicted octanol–water partition coefficient (Wildman–Crippen LogP) is 0.828. The second-order valence-corrected chi connectivity index (χ2v) is 2.85. The third kappa shape index (κ3) is 5.24. The van der Waals surface area contributed by atoms with Crippen LogP contribution < -0.4 is 5.11 Å². The van der Waals surface area contributed by atoms with Crippen LogP contribution in [0.1, 0.15) is 19.8 Å². The van der Waals surface area contributed by atoms with Crippen LogP contribution in [0.5, 0.6) is 0 Å². The van der Waals surface area contributed by atoms with Gasteiger partial charge in [-0.05, 0) is 10.3 Å². The summed E-state index contributed by atoms with van der Waals surface area (Å²) in [6.07, 6.45) is 0.695.